The lowest BCUT2D eigenvalue weighted by Gasteiger charge is -2.39. The molecule has 3 unspecified atom stereocenters. The molecule has 0 N–H and O–H groups in total. The van der Waals surface area contributed by atoms with Crippen LogP contribution in [0.3, 0.4) is 0 Å². The molecule has 1 fully saturated rings. The molecule has 4 aromatic carbocycles. The molecule has 1 aliphatic heterocycles. The van der Waals surface area contributed by atoms with E-state index in [4.69, 9.17) is 9.26 Å². The van der Waals surface area contributed by atoms with Crippen LogP contribution in [0.4, 0.5) is 9.59 Å². The Morgan fingerprint density at radius 1 is 0.922 bits per heavy atom. The molecule has 1 aromatic heterocycles. The first-order chi connectivity index (χ1) is 24.4. The summed E-state index contributed by atoms with van der Waals surface area (Å²) in [5.74, 6) is 0.0637. The zero-order valence-electron chi connectivity index (χ0n) is 30.3. The van der Waals surface area contributed by atoms with Crippen LogP contribution in [0.15, 0.2) is 89.5 Å². The second kappa shape index (κ2) is 14.9. The molecule has 1 saturated heterocycles. The Morgan fingerprint density at radius 3 is 2.12 bits per heavy atom. The molecule has 4 amide bonds. The summed E-state index contributed by atoms with van der Waals surface area (Å²) in [4.78, 5) is 51.2. The van der Waals surface area contributed by atoms with Crippen LogP contribution in [-0.2, 0) is 22.4 Å². The number of urea groups is 1. The van der Waals surface area contributed by atoms with Gasteiger partial charge in [0.2, 0.25) is 11.8 Å². The van der Waals surface area contributed by atoms with Crippen molar-refractivity contribution in [3.05, 3.63) is 108 Å². The molecule has 1 aliphatic rings. The largest absolute Gasteiger partial charge is 0.444 e. The molecule has 266 valence electrons. The first-order valence-electron chi connectivity index (χ1n) is 17.7. The van der Waals surface area contributed by atoms with Crippen molar-refractivity contribution in [3.8, 4) is 0 Å². The molecule has 10 heteroatoms. The van der Waals surface area contributed by atoms with Gasteiger partial charge in [-0.3, -0.25) is 9.69 Å². The van der Waals surface area contributed by atoms with Crippen molar-refractivity contribution in [2.45, 2.75) is 78.0 Å². The summed E-state index contributed by atoms with van der Waals surface area (Å²) in [6.07, 6.45) is 1.35. The molecule has 51 heavy (non-hydrogen) atoms. The molecule has 0 bridgehead atoms. The molecule has 0 saturated carbocycles. The van der Waals surface area contributed by atoms with Gasteiger partial charge < -0.3 is 19.1 Å². The van der Waals surface area contributed by atoms with Crippen LogP contribution < -0.4 is 0 Å². The Hall–Kier alpha value is -5.25. The van der Waals surface area contributed by atoms with Crippen LogP contribution in [0.2, 0.25) is 0 Å². The number of benzene rings is 4. The maximum Gasteiger partial charge on any atom is 0.410 e. The molecular formula is C41H47N5O5. The van der Waals surface area contributed by atoms with Gasteiger partial charge in [-0.25, -0.2) is 9.59 Å². The van der Waals surface area contributed by atoms with Gasteiger partial charge in [-0.1, -0.05) is 90.1 Å². The molecule has 0 aliphatic carbocycles. The fourth-order valence-corrected chi connectivity index (χ4v) is 6.90. The van der Waals surface area contributed by atoms with Gasteiger partial charge in [0.1, 0.15) is 11.6 Å². The lowest BCUT2D eigenvalue weighted by Crippen LogP contribution is -2.53. The van der Waals surface area contributed by atoms with Gasteiger partial charge in [0.05, 0.1) is 0 Å². The fourth-order valence-electron chi connectivity index (χ4n) is 6.90. The third-order valence-corrected chi connectivity index (χ3v) is 9.63. The highest BCUT2D eigenvalue weighted by Crippen LogP contribution is 2.30. The smallest absolute Gasteiger partial charge is 0.410 e. The minimum absolute atomic E-state index is 0.187. The number of likely N-dealkylation sites (N-methyl/N-ethyl adjacent to an activating group) is 1. The van der Waals surface area contributed by atoms with Gasteiger partial charge in [-0.05, 0) is 86.6 Å². The van der Waals surface area contributed by atoms with Gasteiger partial charge in [0.15, 0.2) is 5.82 Å². The van der Waals surface area contributed by atoms with E-state index in [0.717, 1.165) is 32.7 Å². The highest BCUT2D eigenvalue weighted by molar-refractivity contribution is 5.96. The average molecular weight is 690 g/mol. The number of likely N-dealkylation sites (tertiary alicyclic amines) is 1. The third kappa shape index (κ3) is 8.39. The lowest BCUT2D eigenvalue weighted by molar-refractivity contribution is -0.135. The van der Waals surface area contributed by atoms with Gasteiger partial charge in [0.25, 0.3) is 0 Å². The number of fused-ring (bicyclic) bond motifs is 2. The summed E-state index contributed by atoms with van der Waals surface area (Å²) in [5, 5.41) is 8.46. The minimum atomic E-state index is -0.625. The van der Waals surface area contributed by atoms with Crippen LogP contribution in [0.25, 0.3) is 21.5 Å². The van der Waals surface area contributed by atoms with Crippen molar-refractivity contribution in [3.63, 3.8) is 0 Å². The highest BCUT2D eigenvalue weighted by atomic mass is 16.6. The SMILES string of the molecule is Cc1noc(C(Cc2ccc3ccccc3c2)N(C)C(=O)N(CCc2ccc3ccccc3c2)C(=O)C2CCN(C(=O)OC(C)(C)C)C(C)C2)n1. The van der Waals surface area contributed by atoms with Gasteiger partial charge >= 0.3 is 12.1 Å². The van der Waals surface area contributed by atoms with E-state index in [9.17, 15) is 14.4 Å². The number of imide groups is 1. The second-order valence-electron chi connectivity index (χ2n) is 14.6. The Kier molecular flexibility index (Phi) is 10.4. The number of ether oxygens (including phenoxy) is 1. The summed E-state index contributed by atoms with van der Waals surface area (Å²) in [6.45, 7) is 9.73. The molecule has 0 radical (unpaired) electrons. The van der Waals surface area contributed by atoms with Crippen LogP contribution >= 0.6 is 0 Å². The first-order valence-corrected chi connectivity index (χ1v) is 17.7. The fraction of sp³-hybridized carbons (Fsp3) is 0.390. The van der Waals surface area contributed by atoms with Crippen molar-refractivity contribution in [1.29, 1.82) is 0 Å². The third-order valence-electron chi connectivity index (χ3n) is 9.63. The highest BCUT2D eigenvalue weighted by Gasteiger charge is 2.39. The number of hydrogen-bond acceptors (Lipinski definition) is 7. The number of piperidine rings is 1. The van der Waals surface area contributed by atoms with Crippen LogP contribution in [-0.4, -0.2) is 74.7 Å². The summed E-state index contributed by atoms with van der Waals surface area (Å²) < 4.78 is 11.3. The number of rotatable bonds is 8. The van der Waals surface area contributed by atoms with Crippen molar-refractivity contribution in [2.75, 3.05) is 20.1 Å². The average Bonchev–Trinajstić information content (AvgIpc) is 3.54. The summed E-state index contributed by atoms with van der Waals surface area (Å²) in [7, 11) is 1.69. The van der Waals surface area contributed by atoms with Crippen molar-refractivity contribution < 1.29 is 23.6 Å². The Labute approximate surface area is 299 Å². The van der Waals surface area contributed by atoms with E-state index in [-0.39, 0.29) is 18.5 Å². The number of carbonyl (C=O) groups is 3. The van der Waals surface area contributed by atoms with Gasteiger partial charge in [-0.2, -0.15) is 4.98 Å². The number of aromatic nitrogens is 2. The normalized spacial score (nSPS) is 16.9. The molecule has 5 aromatic rings. The Morgan fingerprint density at radius 2 is 1.53 bits per heavy atom. The number of hydrogen-bond donors (Lipinski definition) is 0. The number of aryl methyl sites for hydroxylation is 1. The number of nitrogens with zero attached hydrogens (tertiary/aromatic N) is 5. The molecule has 6 rings (SSSR count). The van der Waals surface area contributed by atoms with E-state index in [1.54, 1.807) is 23.8 Å². The van der Waals surface area contributed by atoms with Crippen molar-refractivity contribution in [2.24, 2.45) is 5.92 Å². The van der Waals surface area contributed by atoms with Crippen LogP contribution in [0, 0.1) is 12.8 Å². The molecule has 0 spiro atoms. The first kappa shape index (κ1) is 35.6. The predicted octanol–water partition coefficient (Wildman–Crippen LogP) is 8.13. The number of carbonyl (C=O) groups excluding carboxylic acids is 3. The quantitative estimate of drug-likeness (QED) is 0.162. The zero-order chi connectivity index (χ0) is 36.3. The second-order valence-corrected chi connectivity index (χ2v) is 14.6. The van der Waals surface area contributed by atoms with E-state index < -0.39 is 29.7 Å². The topological polar surface area (TPSA) is 109 Å². The Balaban J connectivity index is 1.27. The monoisotopic (exact) mass is 689 g/mol. The van der Waals surface area contributed by atoms with E-state index in [0.29, 0.717) is 43.9 Å². The zero-order valence-corrected chi connectivity index (χ0v) is 30.3. The molecular weight excluding hydrogens is 642 g/mol. The molecule has 10 nitrogen and oxygen atoms in total. The maximum atomic E-state index is 14.7. The maximum absolute atomic E-state index is 14.7. The summed E-state index contributed by atoms with van der Waals surface area (Å²) in [6, 6.07) is 27.4. The standard InChI is InChI=1S/C41H47N5O5/c1-27-23-35(20-22-45(27)40(49)50-41(3,4)5)38(47)46(21-19-29-15-17-31-11-7-9-13-33(31)24-29)39(48)44(6)36(37-42-28(2)43-51-37)26-30-16-18-32-12-8-10-14-34(32)25-30/h7-18,24-25,27,35-36H,19-23,26H2,1-6H3. The van der Waals surface area contributed by atoms with Crippen molar-refractivity contribution >= 4 is 39.6 Å². The minimum Gasteiger partial charge on any atom is -0.444 e. The van der Waals surface area contributed by atoms with Gasteiger partial charge in [0, 0.05) is 38.5 Å². The summed E-state index contributed by atoms with van der Waals surface area (Å²) in [5.41, 5.74) is 1.39. The summed E-state index contributed by atoms with van der Waals surface area (Å²) >= 11 is 0. The lowest BCUT2D eigenvalue weighted by atomic mass is 9.90. The van der Waals surface area contributed by atoms with E-state index in [1.165, 1.54) is 4.90 Å². The van der Waals surface area contributed by atoms with E-state index >= 15 is 0 Å². The molecule has 2 heterocycles. The van der Waals surface area contributed by atoms with Crippen molar-refractivity contribution in [1.82, 2.24) is 24.8 Å². The Bertz CT molecular complexity index is 2030. The van der Waals surface area contributed by atoms with Crippen LogP contribution in [0.1, 0.15) is 69.4 Å². The van der Waals surface area contributed by atoms with E-state index in [2.05, 4.69) is 58.7 Å². The molecule has 3 atom stereocenters. The van der Waals surface area contributed by atoms with Gasteiger partial charge in [-0.15, -0.1) is 0 Å². The van der Waals surface area contributed by atoms with Crippen LogP contribution in [0.5, 0.6) is 0 Å². The predicted molar refractivity (Wildman–Crippen MR) is 197 cm³/mol. The number of amides is 4. The van der Waals surface area contributed by atoms with E-state index in [1.807, 2.05) is 64.1 Å².